The average molecular weight is 258 g/mol. The van der Waals surface area contributed by atoms with Crippen molar-refractivity contribution in [1.82, 2.24) is 0 Å². The Balaban J connectivity index is 2.58. The molecule has 0 aromatic heterocycles. The summed E-state index contributed by atoms with van der Waals surface area (Å²) < 4.78 is 4.80. The van der Waals surface area contributed by atoms with Gasteiger partial charge < -0.3 is 4.74 Å². The van der Waals surface area contributed by atoms with Crippen molar-refractivity contribution in [1.29, 1.82) is 0 Å². The summed E-state index contributed by atoms with van der Waals surface area (Å²) in [7, 11) is 1.40. The Morgan fingerprint density at radius 1 is 1.28 bits per heavy atom. The lowest BCUT2D eigenvalue weighted by Gasteiger charge is -2.09. The molecule has 0 aliphatic carbocycles. The number of ether oxygens (including phenoxy) is 1. The van der Waals surface area contributed by atoms with Crippen LogP contribution in [0.4, 0.5) is 0 Å². The van der Waals surface area contributed by atoms with Crippen LogP contribution in [0.5, 0.6) is 0 Å². The molecule has 0 unspecified atom stereocenters. The number of esters is 1. The fourth-order valence-electron chi connectivity index (χ4n) is 1.83. The van der Waals surface area contributed by atoms with Gasteiger partial charge in [-0.3, -0.25) is 0 Å². The van der Waals surface area contributed by atoms with E-state index in [-0.39, 0.29) is 5.97 Å². The zero-order valence-electron chi connectivity index (χ0n) is 10.2. The lowest BCUT2D eigenvalue weighted by Crippen LogP contribution is -2.02. The van der Waals surface area contributed by atoms with E-state index in [9.17, 15) is 4.79 Å². The predicted octanol–water partition coefficient (Wildman–Crippen LogP) is 3.90. The third-order valence-electron chi connectivity index (χ3n) is 2.65. The molecule has 0 radical (unpaired) electrons. The molecule has 2 aromatic carbocycles. The Kier molecular flexibility index (Phi) is 4.05. The van der Waals surface area contributed by atoms with E-state index in [0.717, 1.165) is 21.4 Å². The first-order chi connectivity index (χ1) is 8.77. The molecule has 0 aliphatic heterocycles. The highest BCUT2D eigenvalue weighted by Gasteiger charge is 2.12. The van der Waals surface area contributed by atoms with Crippen molar-refractivity contribution in [3.8, 4) is 0 Å². The van der Waals surface area contributed by atoms with E-state index in [4.69, 9.17) is 4.74 Å². The van der Waals surface area contributed by atoms with E-state index in [1.807, 2.05) is 42.5 Å². The maximum Gasteiger partial charge on any atom is 0.338 e. The molecule has 0 fully saturated rings. The smallest absolute Gasteiger partial charge is 0.338 e. The molecule has 92 valence electrons. The number of rotatable bonds is 4. The van der Waals surface area contributed by atoms with E-state index < -0.39 is 0 Å². The molecule has 0 amide bonds. The molecule has 0 saturated carbocycles. The molecule has 18 heavy (non-hydrogen) atoms. The SMILES string of the molecule is C=CCSc1ccc(C(=O)OC)c2ccccc12. The van der Waals surface area contributed by atoms with Gasteiger partial charge in [-0.15, -0.1) is 18.3 Å². The van der Waals surface area contributed by atoms with Crippen molar-refractivity contribution in [3.63, 3.8) is 0 Å². The molecular weight excluding hydrogens is 244 g/mol. The number of benzene rings is 2. The first-order valence-electron chi connectivity index (χ1n) is 5.61. The highest BCUT2D eigenvalue weighted by Crippen LogP contribution is 2.30. The first kappa shape index (κ1) is 12.7. The van der Waals surface area contributed by atoms with Crippen LogP contribution in [0.2, 0.25) is 0 Å². The van der Waals surface area contributed by atoms with Gasteiger partial charge in [0.2, 0.25) is 0 Å². The van der Waals surface area contributed by atoms with Crippen LogP contribution in [0, 0.1) is 0 Å². The van der Waals surface area contributed by atoms with Crippen molar-refractivity contribution in [2.24, 2.45) is 0 Å². The van der Waals surface area contributed by atoms with Crippen LogP contribution in [0.1, 0.15) is 10.4 Å². The molecule has 0 heterocycles. The van der Waals surface area contributed by atoms with Crippen LogP contribution in [-0.2, 0) is 4.74 Å². The molecule has 3 heteroatoms. The molecule has 2 rings (SSSR count). The van der Waals surface area contributed by atoms with Gasteiger partial charge in [-0.1, -0.05) is 30.3 Å². The quantitative estimate of drug-likeness (QED) is 0.472. The van der Waals surface area contributed by atoms with Gasteiger partial charge in [0.1, 0.15) is 0 Å². The van der Waals surface area contributed by atoms with Gasteiger partial charge in [-0.05, 0) is 22.9 Å². The van der Waals surface area contributed by atoms with E-state index >= 15 is 0 Å². The van der Waals surface area contributed by atoms with E-state index in [2.05, 4.69) is 6.58 Å². The summed E-state index contributed by atoms with van der Waals surface area (Å²) in [5.74, 6) is 0.549. The average Bonchev–Trinajstić information content (AvgIpc) is 2.43. The summed E-state index contributed by atoms with van der Waals surface area (Å²) in [6.45, 7) is 3.72. The van der Waals surface area contributed by atoms with Gasteiger partial charge in [0.25, 0.3) is 0 Å². The monoisotopic (exact) mass is 258 g/mol. The molecule has 0 saturated heterocycles. The lowest BCUT2D eigenvalue weighted by molar-refractivity contribution is 0.0603. The third-order valence-corrected chi connectivity index (χ3v) is 3.72. The first-order valence-corrected chi connectivity index (χ1v) is 6.60. The van der Waals surface area contributed by atoms with Gasteiger partial charge in [-0.2, -0.15) is 0 Å². The fraction of sp³-hybridized carbons (Fsp3) is 0.133. The van der Waals surface area contributed by atoms with Crippen LogP contribution in [0.15, 0.2) is 53.9 Å². The molecular formula is C15H14O2S. The maximum atomic E-state index is 11.7. The predicted molar refractivity (Wildman–Crippen MR) is 76.2 cm³/mol. The number of carbonyl (C=O) groups excluding carboxylic acids is 1. The summed E-state index contributed by atoms with van der Waals surface area (Å²) >= 11 is 1.71. The van der Waals surface area contributed by atoms with E-state index in [1.165, 1.54) is 7.11 Å². The Morgan fingerprint density at radius 2 is 2.00 bits per heavy atom. The summed E-state index contributed by atoms with van der Waals surface area (Å²) in [4.78, 5) is 12.9. The second kappa shape index (κ2) is 5.74. The van der Waals surface area contributed by atoms with Crippen molar-refractivity contribution < 1.29 is 9.53 Å². The summed E-state index contributed by atoms with van der Waals surface area (Å²) in [5, 5.41) is 2.01. The molecule has 2 nitrogen and oxygen atoms in total. The van der Waals surface area contributed by atoms with E-state index in [1.54, 1.807) is 11.8 Å². The third kappa shape index (κ3) is 2.41. The maximum absolute atomic E-state index is 11.7. The minimum Gasteiger partial charge on any atom is -0.465 e. The highest BCUT2D eigenvalue weighted by molar-refractivity contribution is 7.99. The lowest BCUT2D eigenvalue weighted by atomic mass is 10.0. The minimum absolute atomic E-state index is 0.300. The number of fused-ring (bicyclic) bond motifs is 1. The van der Waals surface area contributed by atoms with Crippen LogP contribution in [0.3, 0.4) is 0 Å². The second-order valence-corrected chi connectivity index (χ2v) is 4.81. The van der Waals surface area contributed by atoms with Gasteiger partial charge in [0, 0.05) is 10.6 Å². The molecule has 0 aliphatic rings. The van der Waals surface area contributed by atoms with Crippen molar-refractivity contribution >= 4 is 28.5 Å². The number of methoxy groups -OCH3 is 1. The molecule has 0 atom stereocenters. The fourth-order valence-corrected chi connectivity index (χ4v) is 2.63. The molecule has 0 N–H and O–H groups in total. The van der Waals surface area contributed by atoms with Crippen LogP contribution >= 0.6 is 11.8 Å². The number of thioether (sulfide) groups is 1. The summed E-state index contributed by atoms with van der Waals surface area (Å²) in [5.41, 5.74) is 0.607. The van der Waals surface area contributed by atoms with Gasteiger partial charge >= 0.3 is 5.97 Å². The molecule has 2 aromatic rings. The topological polar surface area (TPSA) is 26.3 Å². The van der Waals surface area contributed by atoms with Gasteiger partial charge in [-0.25, -0.2) is 4.79 Å². The number of hydrogen-bond acceptors (Lipinski definition) is 3. The Morgan fingerprint density at radius 3 is 2.67 bits per heavy atom. The zero-order valence-corrected chi connectivity index (χ0v) is 11.0. The van der Waals surface area contributed by atoms with Crippen LogP contribution in [-0.4, -0.2) is 18.8 Å². The minimum atomic E-state index is -0.300. The normalized spacial score (nSPS) is 10.3. The zero-order chi connectivity index (χ0) is 13.0. The standard InChI is InChI=1S/C15H14O2S/c1-3-10-18-14-9-8-13(15(16)17-2)11-6-4-5-7-12(11)14/h3-9H,1,10H2,2H3. The van der Waals surface area contributed by atoms with Crippen LogP contribution < -0.4 is 0 Å². The summed E-state index contributed by atoms with van der Waals surface area (Å²) in [6.07, 6.45) is 1.87. The second-order valence-electron chi connectivity index (χ2n) is 3.75. The van der Waals surface area contributed by atoms with Crippen molar-refractivity contribution in [2.75, 3.05) is 12.9 Å². The van der Waals surface area contributed by atoms with Crippen molar-refractivity contribution in [3.05, 3.63) is 54.6 Å². The van der Waals surface area contributed by atoms with Crippen molar-refractivity contribution in [2.45, 2.75) is 4.90 Å². The highest BCUT2D eigenvalue weighted by atomic mass is 32.2. The molecule has 0 spiro atoms. The molecule has 0 bridgehead atoms. The summed E-state index contributed by atoms with van der Waals surface area (Å²) in [6, 6.07) is 11.6. The Labute approximate surface area is 111 Å². The Bertz CT molecular complexity index is 590. The Hall–Kier alpha value is -1.74. The van der Waals surface area contributed by atoms with Gasteiger partial charge in [0.05, 0.1) is 12.7 Å². The van der Waals surface area contributed by atoms with Gasteiger partial charge in [0.15, 0.2) is 0 Å². The van der Waals surface area contributed by atoms with Crippen LogP contribution in [0.25, 0.3) is 10.8 Å². The largest absolute Gasteiger partial charge is 0.465 e. The number of carbonyl (C=O) groups is 1. The van der Waals surface area contributed by atoms with E-state index in [0.29, 0.717) is 5.56 Å². The number of hydrogen-bond donors (Lipinski definition) is 0.